The van der Waals surface area contributed by atoms with Gasteiger partial charge in [0.1, 0.15) is 0 Å². The molecule has 0 aromatic heterocycles. The smallest absolute Gasteiger partial charge is 0.211 e. The van der Waals surface area contributed by atoms with Gasteiger partial charge in [-0.25, -0.2) is 13.1 Å². The molecule has 0 saturated heterocycles. The second kappa shape index (κ2) is 7.45. The molecular weight excluding hydrogens is 226 g/mol. The molecular formula is C8H18ClNO3S. The quantitative estimate of drug-likeness (QED) is 0.646. The Morgan fingerprint density at radius 2 is 2.14 bits per heavy atom. The summed E-state index contributed by atoms with van der Waals surface area (Å²) >= 11 is 5.40. The number of rotatable bonds is 8. The highest BCUT2D eigenvalue weighted by molar-refractivity contribution is 7.89. The van der Waals surface area contributed by atoms with Gasteiger partial charge in [-0.2, -0.15) is 0 Å². The van der Waals surface area contributed by atoms with Gasteiger partial charge in [-0.1, -0.05) is 0 Å². The first-order valence-electron chi connectivity index (χ1n) is 4.66. The highest BCUT2D eigenvalue weighted by Crippen LogP contribution is 1.94. The van der Waals surface area contributed by atoms with Crippen LogP contribution in [-0.4, -0.2) is 39.3 Å². The number of ether oxygens (including phenoxy) is 1. The average molecular weight is 244 g/mol. The van der Waals surface area contributed by atoms with Crippen molar-refractivity contribution in [1.82, 2.24) is 4.72 Å². The average Bonchev–Trinajstić information content (AvgIpc) is 2.13. The van der Waals surface area contributed by atoms with Gasteiger partial charge in [-0.05, 0) is 20.3 Å². The Morgan fingerprint density at radius 1 is 1.50 bits per heavy atom. The van der Waals surface area contributed by atoms with Crippen LogP contribution in [0.5, 0.6) is 0 Å². The van der Waals surface area contributed by atoms with Crippen LogP contribution in [0.25, 0.3) is 0 Å². The Balaban J connectivity index is 3.75. The molecule has 14 heavy (non-hydrogen) atoms. The summed E-state index contributed by atoms with van der Waals surface area (Å²) in [6, 6.07) is 0. The molecule has 1 N–H and O–H groups in total. The molecule has 0 aliphatic carbocycles. The fourth-order valence-electron chi connectivity index (χ4n) is 0.905. The van der Waals surface area contributed by atoms with Crippen LogP contribution in [0.4, 0.5) is 0 Å². The number of halogens is 1. The summed E-state index contributed by atoms with van der Waals surface area (Å²) in [5, 5.41) is 0. The number of hydrogen-bond donors (Lipinski definition) is 1. The van der Waals surface area contributed by atoms with Gasteiger partial charge < -0.3 is 4.74 Å². The zero-order chi connectivity index (χ0) is 11.0. The molecule has 0 radical (unpaired) electrons. The summed E-state index contributed by atoms with van der Waals surface area (Å²) in [6.45, 7) is 4.61. The molecule has 0 rings (SSSR count). The fraction of sp³-hybridized carbons (Fsp3) is 1.00. The molecule has 0 amide bonds. The molecule has 0 aliphatic rings. The summed E-state index contributed by atoms with van der Waals surface area (Å²) in [5.41, 5.74) is 0. The van der Waals surface area contributed by atoms with Crippen LogP contribution < -0.4 is 4.72 Å². The summed E-state index contributed by atoms with van der Waals surface area (Å²) < 4.78 is 30.2. The van der Waals surface area contributed by atoms with Gasteiger partial charge in [-0.3, -0.25) is 0 Å². The lowest BCUT2D eigenvalue weighted by Gasteiger charge is -2.12. The molecule has 86 valence electrons. The van der Waals surface area contributed by atoms with Gasteiger partial charge in [-0.15, -0.1) is 11.6 Å². The predicted octanol–water partition coefficient (Wildman–Crippen LogP) is 0.960. The van der Waals surface area contributed by atoms with Crippen molar-refractivity contribution in [2.24, 2.45) is 0 Å². The number of hydrogen-bond acceptors (Lipinski definition) is 3. The second-order valence-electron chi connectivity index (χ2n) is 2.98. The molecule has 0 aromatic rings. The van der Waals surface area contributed by atoms with E-state index in [4.69, 9.17) is 16.3 Å². The summed E-state index contributed by atoms with van der Waals surface area (Å²) in [6.07, 6.45) is 0.380. The molecule has 0 spiro atoms. The Hall–Kier alpha value is 0.160. The van der Waals surface area contributed by atoms with Crippen molar-refractivity contribution in [2.75, 3.05) is 24.8 Å². The van der Waals surface area contributed by atoms with E-state index in [1.54, 1.807) is 0 Å². The Morgan fingerprint density at radius 3 is 2.64 bits per heavy atom. The monoisotopic (exact) mass is 243 g/mol. The first-order chi connectivity index (χ1) is 6.52. The molecule has 0 bridgehead atoms. The van der Waals surface area contributed by atoms with Crippen molar-refractivity contribution < 1.29 is 13.2 Å². The third-order valence-electron chi connectivity index (χ3n) is 1.59. The van der Waals surface area contributed by atoms with E-state index >= 15 is 0 Å². The molecule has 6 heteroatoms. The largest absolute Gasteiger partial charge is 0.377 e. The number of alkyl halides is 1. The summed E-state index contributed by atoms with van der Waals surface area (Å²) in [4.78, 5) is 0. The van der Waals surface area contributed by atoms with Crippen molar-refractivity contribution in [1.29, 1.82) is 0 Å². The normalized spacial score (nSPS) is 14.2. The van der Waals surface area contributed by atoms with Crippen molar-refractivity contribution in [3.8, 4) is 0 Å². The molecule has 0 heterocycles. The van der Waals surface area contributed by atoms with Gasteiger partial charge in [0.15, 0.2) is 0 Å². The molecule has 0 aromatic carbocycles. The van der Waals surface area contributed by atoms with Crippen LogP contribution in [0.2, 0.25) is 0 Å². The van der Waals surface area contributed by atoms with Crippen LogP contribution in [0.1, 0.15) is 20.3 Å². The molecule has 1 atom stereocenters. The van der Waals surface area contributed by atoms with Crippen LogP contribution in [0.15, 0.2) is 0 Å². The maximum absolute atomic E-state index is 11.3. The molecule has 1 unspecified atom stereocenters. The van der Waals surface area contributed by atoms with E-state index in [9.17, 15) is 8.42 Å². The van der Waals surface area contributed by atoms with Crippen molar-refractivity contribution in [3.05, 3.63) is 0 Å². The minimum Gasteiger partial charge on any atom is -0.377 e. The van der Waals surface area contributed by atoms with Crippen molar-refractivity contribution >= 4 is 21.6 Å². The highest BCUT2D eigenvalue weighted by Gasteiger charge is 2.11. The van der Waals surface area contributed by atoms with Gasteiger partial charge >= 0.3 is 0 Å². The summed E-state index contributed by atoms with van der Waals surface area (Å²) in [7, 11) is -3.17. The lowest BCUT2D eigenvalue weighted by Crippen LogP contribution is -2.33. The third-order valence-corrected chi connectivity index (χ3v) is 3.29. The Bertz CT molecular complexity index is 231. The minimum atomic E-state index is -3.17. The van der Waals surface area contributed by atoms with Crippen molar-refractivity contribution in [2.45, 2.75) is 26.4 Å². The predicted molar refractivity (Wildman–Crippen MR) is 58.2 cm³/mol. The van der Waals surface area contributed by atoms with E-state index in [1.165, 1.54) is 0 Å². The molecule has 0 fully saturated rings. The third kappa shape index (κ3) is 7.55. The number of nitrogens with one attached hydrogen (secondary N) is 1. The van der Waals surface area contributed by atoms with Gasteiger partial charge in [0.25, 0.3) is 0 Å². The van der Waals surface area contributed by atoms with Gasteiger partial charge in [0, 0.05) is 19.0 Å². The topological polar surface area (TPSA) is 55.4 Å². The summed E-state index contributed by atoms with van der Waals surface area (Å²) in [5.74, 6) is 0.442. The van der Waals surface area contributed by atoms with Crippen LogP contribution in [-0.2, 0) is 14.8 Å². The Labute approximate surface area is 91.0 Å². The number of sulfonamides is 1. The maximum Gasteiger partial charge on any atom is 0.211 e. The standard InChI is InChI=1S/C8H18ClNO3S/c1-3-13-8(2)7-10-14(11,12)6-4-5-9/h8,10H,3-7H2,1-2H3. The lowest BCUT2D eigenvalue weighted by atomic mass is 10.4. The van der Waals surface area contributed by atoms with Gasteiger partial charge in [0.05, 0.1) is 11.9 Å². The SMILES string of the molecule is CCOC(C)CNS(=O)(=O)CCCCl. The van der Waals surface area contributed by atoms with E-state index < -0.39 is 10.0 Å². The molecule has 0 aliphatic heterocycles. The van der Waals surface area contributed by atoms with Gasteiger partial charge in [0.2, 0.25) is 10.0 Å². The first kappa shape index (κ1) is 14.2. The van der Waals surface area contributed by atoms with Crippen LogP contribution in [0.3, 0.4) is 0 Å². The second-order valence-corrected chi connectivity index (χ2v) is 5.28. The van der Waals surface area contributed by atoms with Crippen LogP contribution in [0, 0.1) is 0 Å². The van der Waals surface area contributed by atoms with E-state index in [-0.39, 0.29) is 11.9 Å². The maximum atomic E-state index is 11.3. The van der Waals surface area contributed by atoms with E-state index in [0.717, 1.165) is 0 Å². The van der Waals surface area contributed by atoms with E-state index in [0.29, 0.717) is 25.5 Å². The zero-order valence-corrected chi connectivity index (χ0v) is 10.2. The van der Waals surface area contributed by atoms with Crippen molar-refractivity contribution in [3.63, 3.8) is 0 Å². The molecule has 4 nitrogen and oxygen atoms in total. The fourth-order valence-corrected chi connectivity index (χ4v) is 2.35. The molecule has 0 saturated carbocycles. The van der Waals surface area contributed by atoms with Crippen LogP contribution >= 0.6 is 11.6 Å². The van der Waals surface area contributed by atoms with E-state index in [1.807, 2.05) is 13.8 Å². The highest BCUT2D eigenvalue weighted by atomic mass is 35.5. The first-order valence-corrected chi connectivity index (χ1v) is 6.85. The minimum absolute atomic E-state index is 0.0787. The zero-order valence-electron chi connectivity index (χ0n) is 8.62. The van der Waals surface area contributed by atoms with E-state index in [2.05, 4.69) is 4.72 Å². The lowest BCUT2D eigenvalue weighted by molar-refractivity contribution is 0.0799. The Kier molecular flexibility index (Phi) is 7.54.